The van der Waals surface area contributed by atoms with E-state index in [1.54, 1.807) is 7.11 Å². The monoisotopic (exact) mass is 479 g/mol. The quantitative estimate of drug-likeness (QED) is 0.440. The summed E-state index contributed by atoms with van der Waals surface area (Å²) >= 11 is 0. The average Bonchev–Trinajstić information content (AvgIpc) is 3.00. The molecule has 5 heteroatoms. The first kappa shape index (κ1) is 27.1. The Hall–Kier alpha value is -2.53. The third-order valence-corrected chi connectivity index (χ3v) is 7.97. The molecule has 2 aromatic rings. The lowest BCUT2D eigenvalue weighted by molar-refractivity contribution is -0.0225. The molecule has 0 bridgehead atoms. The Morgan fingerprint density at radius 3 is 2.06 bits per heavy atom. The fourth-order valence-corrected chi connectivity index (χ4v) is 6.13. The van der Waals surface area contributed by atoms with Crippen LogP contribution >= 0.6 is 0 Å². The van der Waals surface area contributed by atoms with Gasteiger partial charge in [0.05, 0.1) is 23.9 Å². The van der Waals surface area contributed by atoms with E-state index in [9.17, 15) is 0 Å². The molecule has 0 unspecified atom stereocenters. The van der Waals surface area contributed by atoms with Crippen molar-refractivity contribution in [2.75, 3.05) is 19.0 Å². The first-order chi connectivity index (χ1) is 16.6. The number of rotatable bonds is 5. The van der Waals surface area contributed by atoms with Gasteiger partial charge in [0.1, 0.15) is 17.2 Å². The molecule has 0 amide bonds. The lowest BCUT2D eigenvalue weighted by Gasteiger charge is -2.40. The van der Waals surface area contributed by atoms with Gasteiger partial charge in [0.25, 0.3) is 0 Å². The van der Waals surface area contributed by atoms with Crippen LogP contribution in [0.3, 0.4) is 0 Å². The van der Waals surface area contributed by atoms with Crippen LogP contribution in [-0.2, 0) is 10.3 Å². The van der Waals surface area contributed by atoms with E-state index < -0.39 is 0 Å². The topological polar surface area (TPSA) is 54.9 Å². The summed E-state index contributed by atoms with van der Waals surface area (Å²) in [6.07, 6.45) is 1.05. The van der Waals surface area contributed by atoms with Gasteiger partial charge in [-0.2, -0.15) is 0 Å². The van der Waals surface area contributed by atoms with Crippen molar-refractivity contribution in [3.8, 4) is 5.75 Å². The van der Waals surface area contributed by atoms with Gasteiger partial charge in [0.2, 0.25) is 0 Å². The fraction of sp³-hybridized carbons (Fsp3) is 0.567. The molecule has 35 heavy (non-hydrogen) atoms. The Kier molecular flexibility index (Phi) is 8.53. The number of anilines is 1. The van der Waals surface area contributed by atoms with Crippen LogP contribution in [0.1, 0.15) is 67.4 Å². The maximum atomic E-state index is 6.40. The number of hydrogen-bond acceptors (Lipinski definition) is 5. The molecule has 192 valence electrons. The number of hydrogen-bond donors (Lipinski definition) is 2. The third kappa shape index (κ3) is 4.93. The number of hydroxylamine groups is 1. The molecule has 5 nitrogen and oxygen atoms in total. The molecule has 0 saturated carbocycles. The minimum Gasteiger partial charge on any atom is -0.485 e. The van der Waals surface area contributed by atoms with E-state index in [2.05, 4.69) is 96.5 Å². The van der Waals surface area contributed by atoms with E-state index in [0.29, 0.717) is 23.7 Å². The van der Waals surface area contributed by atoms with Crippen molar-refractivity contribution in [3.05, 3.63) is 54.1 Å². The van der Waals surface area contributed by atoms with Crippen molar-refractivity contribution in [2.24, 2.45) is 28.7 Å². The first-order valence-corrected chi connectivity index (χ1v) is 13.1. The van der Waals surface area contributed by atoms with E-state index in [-0.39, 0.29) is 11.0 Å². The van der Waals surface area contributed by atoms with Crippen LogP contribution in [0, 0.1) is 23.7 Å². The van der Waals surface area contributed by atoms with Crippen molar-refractivity contribution >= 4 is 17.2 Å². The molecule has 0 aliphatic carbocycles. The van der Waals surface area contributed by atoms with Crippen molar-refractivity contribution in [1.29, 1.82) is 0 Å². The standard InChI is InChI=1S/C15H22N2O.C15H23NO/c1-10(2)15(11(3)4)12-8-6-7-9-13(12)16-14(15)17-18-5;1-11(2)15(12(3)4)9-10-16-13-7-5-6-8-14(13)17-15/h6-11H,1-5H3,(H,16,17);5-8,11-12,16H,9-10H2,1-4H3. The van der Waals surface area contributed by atoms with Gasteiger partial charge in [-0.3, -0.25) is 10.3 Å². The second-order valence-corrected chi connectivity index (χ2v) is 11.0. The molecule has 2 aliphatic heterocycles. The Balaban J connectivity index is 0.000000196. The van der Waals surface area contributed by atoms with E-state index in [1.165, 1.54) is 5.56 Å². The molecule has 0 aromatic heterocycles. The summed E-state index contributed by atoms with van der Waals surface area (Å²) in [5, 5.41) is 3.46. The van der Waals surface area contributed by atoms with E-state index in [0.717, 1.165) is 35.9 Å². The highest BCUT2D eigenvalue weighted by atomic mass is 16.6. The molecule has 2 heterocycles. The molecule has 0 fully saturated rings. The molecule has 2 aliphatic rings. The van der Waals surface area contributed by atoms with Gasteiger partial charge >= 0.3 is 0 Å². The van der Waals surface area contributed by atoms with E-state index in [1.807, 2.05) is 18.2 Å². The van der Waals surface area contributed by atoms with Gasteiger partial charge in [-0.05, 0) is 47.4 Å². The Labute approximate surface area is 212 Å². The van der Waals surface area contributed by atoms with Crippen molar-refractivity contribution < 1.29 is 9.57 Å². The summed E-state index contributed by atoms with van der Waals surface area (Å²) in [5.74, 6) is 3.83. The molecule has 0 spiro atoms. The number of benzene rings is 2. The molecule has 2 aromatic carbocycles. The van der Waals surface area contributed by atoms with Crippen LogP contribution in [-0.4, -0.2) is 25.1 Å². The summed E-state index contributed by atoms with van der Waals surface area (Å²) in [7, 11) is 1.64. The molecule has 0 radical (unpaired) electrons. The van der Waals surface area contributed by atoms with Crippen LogP contribution in [0.5, 0.6) is 5.75 Å². The van der Waals surface area contributed by atoms with Crippen LogP contribution in [0.25, 0.3) is 0 Å². The predicted molar refractivity (Wildman–Crippen MR) is 148 cm³/mol. The number of fused-ring (bicyclic) bond motifs is 2. The van der Waals surface area contributed by atoms with Gasteiger partial charge in [0.15, 0.2) is 0 Å². The van der Waals surface area contributed by atoms with Crippen LogP contribution in [0.15, 0.2) is 53.5 Å². The zero-order valence-electron chi connectivity index (χ0n) is 23.1. The lowest BCUT2D eigenvalue weighted by Crippen LogP contribution is -2.49. The number of aliphatic imine (C=N–C) groups is 1. The highest BCUT2D eigenvalue weighted by molar-refractivity contribution is 6.00. The fourth-order valence-electron chi connectivity index (χ4n) is 6.13. The summed E-state index contributed by atoms with van der Waals surface area (Å²) in [5.41, 5.74) is 6.32. The predicted octanol–water partition coefficient (Wildman–Crippen LogP) is 7.36. The minimum absolute atomic E-state index is 0.0559. The molecule has 2 N–H and O–H groups in total. The summed E-state index contributed by atoms with van der Waals surface area (Å²) < 4.78 is 6.40. The van der Waals surface area contributed by atoms with Crippen LogP contribution in [0.2, 0.25) is 0 Å². The zero-order chi connectivity index (χ0) is 25.8. The number of ether oxygens (including phenoxy) is 1. The van der Waals surface area contributed by atoms with Crippen molar-refractivity contribution in [2.45, 2.75) is 72.8 Å². The van der Waals surface area contributed by atoms with E-state index >= 15 is 0 Å². The van der Waals surface area contributed by atoms with Crippen LogP contribution < -0.4 is 15.5 Å². The number of nitrogens with zero attached hydrogens (tertiary/aromatic N) is 1. The van der Waals surface area contributed by atoms with Gasteiger partial charge in [0, 0.05) is 13.0 Å². The average molecular weight is 480 g/mol. The smallest absolute Gasteiger partial charge is 0.143 e. The third-order valence-electron chi connectivity index (χ3n) is 7.97. The first-order valence-electron chi connectivity index (χ1n) is 13.1. The highest BCUT2D eigenvalue weighted by Gasteiger charge is 2.48. The summed E-state index contributed by atoms with van der Waals surface area (Å²) in [4.78, 5) is 9.85. The Morgan fingerprint density at radius 1 is 0.857 bits per heavy atom. The van der Waals surface area contributed by atoms with Gasteiger partial charge in [-0.1, -0.05) is 85.7 Å². The largest absolute Gasteiger partial charge is 0.485 e. The molecular formula is C30H45N3O2. The minimum atomic E-state index is -0.0907. The highest BCUT2D eigenvalue weighted by Crippen LogP contribution is 2.49. The lowest BCUT2D eigenvalue weighted by atomic mass is 9.64. The SMILES string of the molecule is CC(C)C1(C(C)C)CCNc2ccccc2O1.CONC1=Nc2ccccc2C1(C(C)C)C(C)C. The molecule has 4 rings (SSSR count). The van der Waals surface area contributed by atoms with Crippen molar-refractivity contribution in [3.63, 3.8) is 0 Å². The summed E-state index contributed by atoms with van der Waals surface area (Å²) in [6, 6.07) is 16.6. The zero-order valence-corrected chi connectivity index (χ0v) is 23.1. The molecule has 0 atom stereocenters. The second-order valence-electron chi connectivity index (χ2n) is 11.0. The summed E-state index contributed by atoms with van der Waals surface area (Å²) in [6.45, 7) is 19.0. The number of nitrogens with one attached hydrogen (secondary N) is 2. The second kappa shape index (κ2) is 11.0. The molecule has 0 saturated heterocycles. The molecular weight excluding hydrogens is 434 g/mol. The number of amidine groups is 1. The van der Waals surface area contributed by atoms with Gasteiger partial charge in [-0.15, -0.1) is 0 Å². The van der Waals surface area contributed by atoms with Gasteiger partial charge in [-0.25, -0.2) is 4.99 Å². The maximum Gasteiger partial charge on any atom is 0.143 e. The number of para-hydroxylation sites is 3. The normalized spacial score (nSPS) is 17.6. The van der Waals surface area contributed by atoms with Crippen molar-refractivity contribution in [1.82, 2.24) is 5.48 Å². The van der Waals surface area contributed by atoms with Gasteiger partial charge < -0.3 is 10.1 Å². The Bertz CT molecular complexity index is 994. The maximum absolute atomic E-state index is 6.40. The Morgan fingerprint density at radius 2 is 1.46 bits per heavy atom. The van der Waals surface area contributed by atoms with E-state index in [4.69, 9.17) is 14.6 Å². The van der Waals surface area contributed by atoms with Crippen LogP contribution in [0.4, 0.5) is 11.4 Å².